The molecule has 2 heterocycles. The molecule has 0 saturated carbocycles. The van der Waals surface area contributed by atoms with Crippen molar-refractivity contribution in [1.29, 1.82) is 0 Å². The van der Waals surface area contributed by atoms with Gasteiger partial charge in [-0.05, 0) is 49.6 Å². The lowest BCUT2D eigenvalue weighted by Crippen LogP contribution is -2.39. The molecule has 2 aromatic rings. The van der Waals surface area contributed by atoms with Gasteiger partial charge in [0.15, 0.2) is 0 Å². The van der Waals surface area contributed by atoms with E-state index < -0.39 is 0 Å². The van der Waals surface area contributed by atoms with E-state index >= 15 is 0 Å². The van der Waals surface area contributed by atoms with E-state index in [1.807, 2.05) is 13.0 Å². The molecule has 0 bridgehead atoms. The van der Waals surface area contributed by atoms with E-state index in [4.69, 9.17) is 0 Å². The molecule has 1 N–H and O–H groups in total. The molecular weight excluding hydrogens is 307 g/mol. The molecule has 1 amide bonds. The van der Waals surface area contributed by atoms with Crippen molar-refractivity contribution in [2.24, 2.45) is 7.05 Å². The van der Waals surface area contributed by atoms with E-state index in [0.29, 0.717) is 18.2 Å². The van der Waals surface area contributed by atoms with E-state index in [9.17, 15) is 9.18 Å². The van der Waals surface area contributed by atoms with Crippen LogP contribution in [0.3, 0.4) is 0 Å². The maximum absolute atomic E-state index is 13.2. The van der Waals surface area contributed by atoms with Gasteiger partial charge in [-0.15, -0.1) is 0 Å². The number of nitrogens with one attached hydrogen (secondary N) is 1. The molecule has 0 spiro atoms. The summed E-state index contributed by atoms with van der Waals surface area (Å²) in [5.41, 5.74) is 2.69. The number of aromatic nitrogens is 2. The first-order chi connectivity index (χ1) is 11.5. The number of hydrogen-bond donors (Lipinski definition) is 1. The first kappa shape index (κ1) is 16.6. The number of rotatable bonds is 5. The van der Waals surface area contributed by atoms with Gasteiger partial charge in [0.1, 0.15) is 5.82 Å². The molecule has 24 heavy (non-hydrogen) atoms. The number of carbonyl (C=O) groups excluding carboxylic acids is 1. The van der Waals surface area contributed by atoms with Crippen molar-refractivity contribution in [1.82, 2.24) is 20.0 Å². The SMILES string of the molecule is Cc1cc(F)ccc1CN1CCC[C@@H]1CNC(=O)c1cnn(C)c1. The number of nitrogens with zero attached hydrogens (tertiary/aromatic N) is 3. The average Bonchev–Trinajstić information content (AvgIpc) is 3.16. The van der Waals surface area contributed by atoms with Crippen LogP contribution in [0.15, 0.2) is 30.6 Å². The zero-order chi connectivity index (χ0) is 17.1. The topological polar surface area (TPSA) is 50.2 Å². The number of benzene rings is 1. The van der Waals surface area contributed by atoms with Crippen molar-refractivity contribution >= 4 is 5.91 Å². The third kappa shape index (κ3) is 3.82. The van der Waals surface area contributed by atoms with E-state index in [1.54, 1.807) is 30.2 Å². The Hall–Kier alpha value is -2.21. The molecule has 1 atom stereocenters. The standard InChI is InChI=1S/C18H23FN4O/c1-13-8-16(19)6-5-14(13)12-23-7-3-4-17(23)10-20-18(24)15-9-21-22(2)11-15/h5-6,8-9,11,17H,3-4,7,10,12H2,1-2H3,(H,20,24)/t17-/m1/s1. The van der Waals surface area contributed by atoms with Gasteiger partial charge in [-0.1, -0.05) is 6.07 Å². The summed E-state index contributed by atoms with van der Waals surface area (Å²) in [7, 11) is 1.79. The highest BCUT2D eigenvalue weighted by Crippen LogP contribution is 2.21. The van der Waals surface area contributed by atoms with Crippen molar-refractivity contribution in [3.8, 4) is 0 Å². The molecule has 5 nitrogen and oxygen atoms in total. The molecule has 1 fully saturated rings. The van der Waals surface area contributed by atoms with Crippen molar-refractivity contribution in [2.45, 2.75) is 32.4 Å². The molecule has 0 aliphatic carbocycles. The molecule has 0 unspecified atom stereocenters. The molecule has 1 aromatic heterocycles. The number of hydrogen-bond acceptors (Lipinski definition) is 3. The summed E-state index contributed by atoms with van der Waals surface area (Å²) in [6, 6.07) is 5.26. The second-order valence-electron chi connectivity index (χ2n) is 6.45. The van der Waals surface area contributed by atoms with Gasteiger partial charge in [-0.3, -0.25) is 14.4 Å². The fourth-order valence-corrected chi connectivity index (χ4v) is 3.24. The lowest BCUT2D eigenvalue weighted by Gasteiger charge is -2.25. The van der Waals surface area contributed by atoms with Gasteiger partial charge in [-0.25, -0.2) is 4.39 Å². The number of aryl methyl sites for hydroxylation is 2. The summed E-state index contributed by atoms with van der Waals surface area (Å²) >= 11 is 0. The fraction of sp³-hybridized carbons (Fsp3) is 0.444. The van der Waals surface area contributed by atoms with Gasteiger partial charge >= 0.3 is 0 Å². The predicted molar refractivity (Wildman–Crippen MR) is 90.1 cm³/mol. The third-order valence-corrected chi connectivity index (χ3v) is 4.64. The van der Waals surface area contributed by atoms with Gasteiger partial charge in [0.05, 0.1) is 11.8 Å². The average molecular weight is 330 g/mol. The molecule has 128 valence electrons. The second-order valence-corrected chi connectivity index (χ2v) is 6.45. The van der Waals surface area contributed by atoms with Crippen LogP contribution in [0, 0.1) is 12.7 Å². The van der Waals surface area contributed by atoms with Gasteiger partial charge < -0.3 is 5.32 Å². The van der Waals surface area contributed by atoms with Crippen LogP contribution in [0.25, 0.3) is 0 Å². The van der Waals surface area contributed by atoms with Gasteiger partial charge in [-0.2, -0.15) is 5.10 Å². The summed E-state index contributed by atoms with van der Waals surface area (Å²) in [5.74, 6) is -0.286. The minimum Gasteiger partial charge on any atom is -0.350 e. The Morgan fingerprint density at radius 3 is 3.00 bits per heavy atom. The lowest BCUT2D eigenvalue weighted by atomic mass is 10.1. The molecule has 1 saturated heterocycles. The zero-order valence-corrected chi connectivity index (χ0v) is 14.1. The Bertz CT molecular complexity index is 728. The molecule has 1 aliphatic rings. The molecular formula is C18H23FN4O. The van der Waals surface area contributed by atoms with Crippen LogP contribution in [-0.2, 0) is 13.6 Å². The highest BCUT2D eigenvalue weighted by atomic mass is 19.1. The van der Waals surface area contributed by atoms with E-state index in [2.05, 4.69) is 15.3 Å². The summed E-state index contributed by atoms with van der Waals surface area (Å²) in [4.78, 5) is 14.5. The maximum Gasteiger partial charge on any atom is 0.254 e. The van der Waals surface area contributed by atoms with Crippen LogP contribution in [0.4, 0.5) is 4.39 Å². The van der Waals surface area contributed by atoms with Crippen LogP contribution >= 0.6 is 0 Å². The van der Waals surface area contributed by atoms with Gasteiger partial charge in [0.25, 0.3) is 5.91 Å². The largest absolute Gasteiger partial charge is 0.350 e. The van der Waals surface area contributed by atoms with Crippen LogP contribution < -0.4 is 5.32 Å². The number of likely N-dealkylation sites (tertiary alicyclic amines) is 1. The molecule has 1 aliphatic heterocycles. The van der Waals surface area contributed by atoms with Crippen molar-refractivity contribution in [3.63, 3.8) is 0 Å². The summed E-state index contributed by atoms with van der Waals surface area (Å²) in [5, 5.41) is 7.02. The number of halogens is 1. The lowest BCUT2D eigenvalue weighted by molar-refractivity contribution is 0.0939. The molecule has 6 heteroatoms. The first-order valence-corrected chi connectivity index (χ1v) is 8.29. The normalized spacial score (nSPS) is 18.0. The third-order valence-electron chi connectivity index (χ3n) is 4.64. The van der Waals surface area contributed by atoms with Crippen LogP contribution in [0.5, 0.6) is 0 Å². The first-order valence-electron chi connectivity index (χ1n) is 8.29. The molecule has 0 radical (unpaired) electrons. The predicted octanol–water partition coefficient (Wildman–Crippen LogP) is 2.26. The Kier molecular flexibility index (Phi) is 4.94. The Balaban J connectivity index is 1.58. The zero-order valence-electron chi connectivity index (χ0n) is 14.1. The van der Waals surface area contributed by atoms with Crippen LogP contribution in [0.2, 0.25) is 0 Å². The molecule has 3 rings (SSSR count). The van der Waals surface area contributed by atoms with Crippen LogP contribution in [-0.4, -0.2) is 39.7 Å². The van der Waals surface area contributed by atoms with Crippen molar-refractivity contribution in [3.05, 3.63) is 53.1 Å². The quantitative estimate of drug-likeness (QED) is 0.915. The van der Waals surface area contributed by atoms with Crippen molar-refractivity contribution in [2.75, 3.05) is 13.1 Å². The van der Waals surface area contributed by atoms with Crippen molar-refractivity contribution < 1.29 is 9.18 Å². The summed E-state index contributed by atoms with van der Waals surface area (Å²) in [6.07, 6.45) is 5.47. The Labute approximate surface area is 141 Å². The van der Waals surface area contributed by atoms with Gasteiger partial charge in [0, 0.05) is 32.4 Å². The highest BCUT2D eigenvalue weighted by Gasteiger charge is 2.25. The second kappa shape index (κ2) is 7.13. The smallest absolute Gasteiger partial charge is 0.254 e. The minimum absolute atomic E-state index is 0.0899. The summed E-state index contributed by atoms with van der Waals surface area (Å²) in [6.45, 7) is 4.35. The highest BCUT2D eigenvalue weighted by molar-refractivity contribution is 5.93. The van der Waals surface area contributed by atoms with Crippen LogP contribution in [0.1, 0.15) is 34.3 Å². The maximum atomic E-state index is 13.2. The summed E-state index contributed by atoms with van der Waals surface area (Å²) < 4.78 is 14.9. The Morgan fingerprint density at radius 1 is 1.46 bits per heavy atom. The van der Waals surface area contributed by atoms with E-state index in [0.717, 1.165) is 37.1 Å². The van der Waals surface area contributed by atoms with E-state index in [1.165, 1.54) is 6.07 Å². The monoisotopic (exact) mass is 330 g/mol. The Morgan fingerprint density at radius 2 is 2.29 bits per heavy atom. The number of amides is 1. The number of carbonyl (C=O) groups is 1. The fourth-order valence-electron chi connectivity index (χ4n) is 3.24. The minimum atomic E-state index is -0.196. The van der Waals surface area contributed by atoms with E-state index in [-0.39, 0.29) is 11.7 Å². The van der Waals surface area contributed by atoms with Gasteiger partial charge in [0.2, 0.25) is 0 Å². The molecule has 1 aromatic carbocycles.